The number of ether oxygens (including phenoxy) is 2. The van der Waals surface area contributed by atoms with Crippen LogP contribution >= 0.6 is 0 Å². The molecule has 2 N–H and O–H groups in total. The van der Waals surface area contributed by atoms with Crippen LogP contribution in [-0.4, -0.2) is 75.0 Å². The summed E-state index contributed by atoms with van der Waals surface area (Å²) in [5.74, 6) is -1.56. The molecule has 0 saturated carbocycles. The second kappa shape index (κ2) is 7.30. The van der Waals surface area contributed by atoms with Crippen LogP contribution in [0.1, 0.15) is 0 Å². The maximum absolute atomic E-state index is 12.2. The lowest BCUT2D eigenvalue weighted by atomic mass is 10.0. The number of hydrogen-bond donors (Lipinski definition) is 2. The molecule has 1 aliphatic rings. The van der Waals surface area contributed by atoms with Crippen LogP contribution in [0.15, 0.2) is 0 Å². The number of carbonyl (C=O) groups excluding carboxylic acids is 1. The van der Waals surface area contributed by atoms with Crippen LogP contribution in [0.2, 0.25) is 0 Å². The number of likely N-dealkylation sites (N-methyl/N-ethyl adjacent to an activating group) is 1. The second-order valence-electron chi connectivity index (χ2n) is 4.19. The van der Waals surface area contributed by atoms with E-state index in [9.17, 15) is 9.59 Å². The van der Waals surface area contributed by atoms with Gasteiger partial charge in [0, 0.05) is 19.7 Å². The average molecular weight is 260 g/mol. The van der Waals surface area contributed by atoms with Crippen molar-refractivity contribution >= 4 is 11.9 Å². The van der Waals surface area contributed by atoms with E-state index in [1.165, 1.54) is 12.0 Å². The molecular weight excluding hydrogens is 240 g/mol. The average Bonchev–Trinajstić information content (AvgIpc) is 2.81. The summed E-state index contributed by atoms with van der Waals surface area (Å²) in [6.07, 6.45) is 0. The van der Waals surface area contributed by atoms with Gasteiger partial charge in [-0.25, -0.2) is 0 Å². The quantitative estimate of drug-likeness (QED) is 0.596. The minimum Gasteiger partial charge on any atom is -0.480 e. The number of hydrogen-bond acceptors (Lipinski definition) is 5. The monoisotopic (exact) mass is 260 g/mol. The molecule has 18 heavy (non-hydrogen) atoms. The highest BCUT2D eigenvalue weighted by Crippen LogP contribution is 2.16. The van der Waals surface area contributed by atoms with Crippen molar-refractivity contribution in [3.63, 3.8) is 0 Å². The summed E-state index contributed by atoms with van der Waals surface area (Å²) in [6, 6.07) is -0.0589. The zero-order valence-electron chi connectivity index (χ0n) is 10.7. The molecule has 1 rings (SSSR count). The van der Waals surface area contributed by atoms with Crippen LogP contribution in [0.25, 0.3) is 0 Å². The van der Waals surface area contributed by atoms with Gasteiger partial charge in [-0.1, -0.05) is 0 Å². The Hall–Kier alpha value is -1.18. The number of rotatable bonds is 7. The third-order valence-electron chi connectivity index (χ3n) is 2.97. The van der Waals surface area contributed by atoms with Crippen molar-refractivity contribution in [2.75, 3.05) is 47.1 Å². The molecule has 1 aliphatic heterocycles. The Morgan fingerprint density at radius 1 is 1.50 bits per heavy atom. The SMILES string of the molecule is CNC1COCC1C(=O)N(CCOC)CC(=O)O. The molecule has 7 heteroatoms. The van der Waals surface area contributed by atoms with Crippen molar-refractivity contribution in [2.24, 2.45) is 5.92 Å². The maximum atomic E-state index is 12.2. The van der Waals surface area contributed by atoms with E-state index in [2.05, 4.69) is 5.32 Å². The number of carbonyl (C=O) groups is 2. The molecule has 1 amide bonds. The van der Waals surface area contributed by atoms with E-state index < -0.39 is 5.97 Å². The summed E-state index contributed by atoms with van der Waals surface area (Å²) in [5.41, 5.74) is 0. The maximum Gasteiger partial charge on any atom is 0.323 e. The summed E-state index contributed by atoms with van der Waals surface area (Å²) in [7, 11) is 3.27. The predicted molar refractivity (Wildman–Crippen MR) is 63.2 cm³/mol. The fourth-order valence-corrected chi connectivity index (χ4v) is 1.95. The summed E-state index contributed by atoms with van der Waals surface area (Å²) in [6.45, 7) is 1.08. The van der Waals surface area contributed by atoms with Gasteiger partial charge >= 0.3 is 5.97 Å². The molecule has 0 bridgehead atoms. The lowest BCUT2D eigenvalue weighted by Crippen LogP contribution is -2.47. The van der Waals surface area contributed by atoms with Crippen LogP contribution < -0.4 is 5.32 Å². The lowest BCUT2D eigenvalue weighted by Gasteiger charge is -2.25. The first-order chi connectivity index (χ1) is 8.60. The molecule has 104 valence electrons. The van der Waals surface area contributed by atoms with E-state index in [1.54, 1.807) is 7.05 Å². The van der Waals surface area contributed by atoms with Crippen LogP contribution in [-0.2, 0) is 19.1 Å². The summed E-state index contributed by atoms with van der Waals surface area (Å²) in [4.78, 5) is 24.3. The number of carboxylic acids is 1. The summed E-state index contributed by atoms with van der Waals surface area (Å²) in [5, 5.41) is 11.8. The van der Waals surface area contributed by atoms with Crippen LogP contribution in [0.3, 0.4) is 0 Å². The van der Waals surface area contributed by atoms with E-state index in [0.717, 1.165) is 0 Å². The second-order valence-corrected chi connectivity index (χ2v) is 4.19. The van der Waals surface area contributed by atoms with Gasteiger partial charge in [0.2, 0.25) is 5.91 Å². The smallest absolute Gasteiger partial charge is 0.323 e. The molecule has 7 nitrogen and oxygen atoms in total. The Kier molecular flexibility index (Phi) is 6.03. The number of amides is 1. The zero-order valence-corrected chi connectivity index (χ0v) is 10.7. The molecular formula is C11H20N2O5. The first kappa shape index (κ1) is 14.9. The van der Waals surface area contributed by atoms with Crippen LogP contribution in [0, 0.1) is 5.92 Å². The Morgan fingerprint density at radius 2 is 2.22 bits per heavy atom. The van der Waals surface area contributed by atoms with Gasteiger partial charge in [-0.3, -0.25) is 9.59 Å². The molecule has 0 aromatic carbocycles. The molecule has 0 radical (unpaired) electrons. The Labute approximate surface area is 106 Å². The van der Waals surface area contributed by atoms with E-state index in [-0.39, 0.29) is 31.0 Å². The van der Waals surface area contributed by atoms with E-state index in [4.69, 9.17) is 14.6 Å². The van der Waals surface area contributed by atoms with Crippen LogP contribution in [0.5, 0.6) is 0 Å². The highest BCUT2D eigenvalue weighted by molar-refractivity contribution is 5.84. The van der Waals surface area contributed by atoms with Crippen molar-refractivity contribution in [3.05, 3.63) is 0 Å². The standard InChI is InChI=1S/C11H20N2O5/c1-12-9-7-18-6-8(9)11(16)13(3-4-17-2)5-10(14)15/h8-9,12H,3-7H2,1-2H3,(H,14,15). The van der Waals surface area contributed by atoms with Gasteiger partial charge < -0.3 is 24.8 Å². The van der Waals surface area contributed by atoms with Gasteiger partial charge in [0.15, 0.2) is 0 Å². The number of nitrogens with zero attached hydrogens (tertiary/aromatic N) is 1. The van der Waals surface area contributed by atoms with Gasteiger partial charge in [0.1, 0.15) is 6.54 Å². The normalized spacial score (nSPS) is 23.0. The van der Waals surface area contributed by atoms with E-state index in [1.807, 2.05) is 0 Å². The number of methoxy groups -OCH3 is 1. The van der Waals surface area contributed by atoms with Gasteiger partial charge in [0.25, 0.3) is 0 Å². The van der Waals surface area contributed by atoms with Gasteiger partial charge in [0.05, 0.1) is 25.7 Å². The van der Waals surface area contributed by atoms with Crippen molar-refractivity contribution in [1.29, 1.82) is 0 Å². The lowest BCUT2D eigenvalue weighted by molar-refractivity contribution is -0.147. The fraction of sp³-hybridized carbons (Fsp3) is 0.818. The third kappa shape index (κ3) is 3.94. The first-order valence-electron chi connectivity index (χ1n) is 5.84. The largest absolute Gasteiger partial charge is 0.480 e. The van der Waals surface area contributed by atoms with Crippen molar-refractivity contribution < 1.29 is 24.2 Å². The zero-order chi connectivity index (χ0) is 13.5. The molecule has 2 atom stereocenters. The number of aliphatic carboxylic acids is 1. The Bertz CT molecular complexity index is 297. The minimum atomic E-state index is -1.03. The number of carboxylic acid groups (broad SMARTS) is 1. The fourth-order valence-electron chi connectivity index (χ4n) is 1.95. The van der Waals surface area contributed by atoms with Crippen LogP contribution in [0.4, 0.5) is 0 Å². The molecule has 0 aromatic heterocycles. The number of nitrogens with one attached hydrogen (secondary N) is 1. The van der Waals surface area contributed by atoms with Gasteiger partial charge in [-0.15, -0.1) is 0 Å². The minimum absolute atomic E-state index is 0.0589. The first-order valence-corrected chi connectivity index (χ1v) is 5.84. The molecule has 1 fully saturated rings. The van der Waals surface area contributed by atoms with E-state index >= 15 is 0 Å². The topological polar surface area (TPSA) is 88.1 Å². The third-order valence-corrected chi connectivity index (χ3v) is 2.97. The summed E-state index contributed by atoms with van der Waals surface area (Å²) < 4.78 is 10.1. The van der Waals surface area contributed by atoms with Gasteiger partial charge in [-0.05, 0) is 7.05 Å². The molecule has 0 aromatic rings. The van der Waals surface area contributed by atoms with Gasteiger partial charge in [-0.2, -0.15) is 0 Å². The Balaban J connectivity index is 2.64. The van der Waals surface area contributed by atoms with Crippen molar-refractivity contribution in [3.8, 4) is 0 Å². The van der Waals surface area contributed by atoms with Crippen molar-refractivity contribution in [2.45, 2.75) is 6.04 Å². The molecule has 0 spiro atoms. The molecule has 1 heterocycles. The van der Waals surface area contributed by atoms with Crippen molar-refractivity contribution in [1.82, 2.24) is 10.2 Å². The molecule has 0 aliphatic carbocycles. The highest BCUT2D eigenvalue weighted by atomic mass is 16.5. The molecule has 2 unspecified atom stereocenters. The molecule has 1 saturated heterocycles. The highest BCUT2D eigenvalue weighted by Gasteiger charge is 2.36. The van der Waals surface area contributed by atoms with E-state index in [0.29, 0.717) is 19.8 Å². The predicted octanol–water partition coefficient (Wildman–Crippen LogP) is -1.22. The summed E-state index contributed by atoms with van der Waals surface area (Å²) >= 11 is 0. The Morgan fingerprint density at radius 3 is 2.78 bits per heavy atom.